The predicted molar refractivity (Wildman–Crippen MR) is 123 cm³/mol. The van der Waals surface area contributed by atoms with Crippen molar-refractivity contribution in [2.24, 2.45) is 0 Å². The van der Waals surface area contributed by atoms with E-state index in [9.17, 15) is 9.59 Å². The number of amides is 1. The highest BCUT2D eigenvalue weighted by Crippen LogP contribution is 2.22. The maximum atomic E-state index is 12.9. The number of rotatable bonds is 3. The Balaban J connectivity index is 1.40. The number of anilines is 1. The molecular weight excluding hydrogens is 386 g/mol. The first-order chi connectivity index (χ1) is 15.2. The van der Waals surface area contributed by atoms with Gasteiger partial charge in [-0.15, -0.1) is 0 Å². The van der Waals surface area contributed by atoms with Gasteiger partial charge in [-0.05, 0) is 54.3 Å². The second-order valence-corrected chi connectivity index (χ2v) is 7.92. The molecule has 5 heteroatoms. The summed E-state index contributed by atoms with van der Waals surface area (Å²) in [6.45, 7) is 0.721. The summed E-state index contributed by atoms with van der Waals surface area (Å²) in [6.07, 6.45) is 3.95. The largest absolute Gasteiger partial charge is 0.322 e. The lowest BCUT2D eigenvalue weighted by Crippen LogP contribution is -2.24. The predicted octanol–water partition coefficient (Wildman–Crippen LogP) is 5.04. The van der Waals surface area contributed by atoms with E-state index in [0.717, 1.165) is 54.9 Å². The molecule has 1 aliphatic rings. The number of fused-ring (bicyclic) bond motifs is 2. The first kappa shape index (κ1) is 19.2. The van der Waals surface area contributed by atoms with Crippen molar-refractivity contribution in [1.82, 2.24) is 9.55 Å². The molecule has 0 bridgehead atoms. The standard InChI is InChI=1S/C26H23N3O2/c30-25(27-21-13-10-19(11-14-21)18-7-3-1-4-8-18)20-12-15-22-23(17-20)28-24-9-5-2-6-16-29(24)26(22)31/h1,3-4,7-8,10-15,17H,2,5-6,9,16H2,(H,27,30). The Morgan fingerprint density at radius 3 is 2.45 bits per heavy atom. The zero-order chi connectivity index (χ0) is 21.2. The minimum Gasteiger partial charge on any atom is -0.322 e. The molecule has 3 aromatic carbocycles. The maximum Gasteiger partial charge on any atom is 0.261 e. The lowest BCUT2D eigenvalue weighted by atomic mass is 10.1. The van der Waals surface area contributed by atoms with Crippen LogP contribution >= 0.6 is 0 Å². The van der Waals surface area contributed by atoms with E-state index in [1.54, 1.807) is 22.8 Å². The molecule has 31 heavy (non-hydrogen) atoms. The molecule has 2 heterocycles. The van der Waals surface area contributed by atoms with Gasteiger partial charge >= 0.3 is 0 Å². The van der Waals surface area contributed by atoms with Gasteiger partial charge in [-0.1, -0.05) is 48.9 Å². The van der Waals surface area contributed by atoms with Crippen LogP contribution in [0, 0.1) is 0 Å². The molecule has 0 aliphatic carbocycles. The summed E-state index contributed by atoms with van der Waals surface area (Å²) < 4.78 is 1.80. The van der Waals surface area contributed by atoms with Crippen molar-refractivity contribution >= 4 is 22.5 Å². The molecule has 0 spiro atoms. The minimum atomic E-state index is -0.216. The topological polar surface area (TPSA) is 64.0 Å². The number of aryl methyl sites for hydroxylation is 1. The second kappa shape index (κ2) is 8.19. The zero-order valence-electron chi connectivity index (χ0n) is 17.2. The lowest BCUT2D eigenvalue weighted by Gasteiger charge is -2.11. The third-order valence-corrected chi connectivity index (χ3v) is 5.83. The molecule has 154 valence electrons. The van der Waals surface area contributed by atoms with Crippen molar-refractivity contribution in [1.29, 1.82) is 0 Å². The molecule has 0 atom stereocenters. The smallest absolute Gasteiger partial charge is 0.261 e. The van der Waals surface area contributed by atoms with Crippen LogP contribution in [0.3, 0.4) is 0 Å². The van der Waals surface area contributed by atoms with Crippen molar-refractivity contribution in [3.05, 3.63) is 94.5 Å². The summed E-state index contributed by atoms with van der Waals surface area (Å²) >= 11 is 0. The van der Waals surface area contributed by atoms with Gasteiger partial charge in [0.25, 0.3) is 11.5 Å². The van der Waals surface area contributed by atoms with E-state index in [2.05, 4.69) is 17.4 Å². The van der Waals surface area contributed by atoms with Crippen LogP contribution in [-0.2, 0) is 13.0 Å². The number of carbonyl (C=O) groups excluding carboxylic acids is 1. The molecule has 1 aliphatic heterocycles. The SMILES string of the molecule is O=C(Nc1ccc(-c2ccccc2)cc1)c1ccc2c(=O)n3c(nc2c1)CCCCC3. The molecule has 0 fully saturated rings. The summed E-state index contributed by atoms with van der Waals surface area (Å²) in [7, 11) is 0. The molecule has 0 saturated carbocycles. The van der Waals surface area contributed by atoms with Crippen LogP contribution in [0.15, 0.2) is 77.6 Å². The Bertz CT molecular complexity index is 1310. The minimum absolute atomic E-state index is 0.00893. The number of nitrogens with zero attached hydrogens (tertiary/aromatic N) is 2. The van der Waals surface area contributed by atoms with Gasteiger partial charge < -0.3 is 5.32 Å². The Morgan fingerprint density at radius 2 is 1.65 bits per heavy atom. The van der Waals surface area contributed by atoms with E-state index in [1.165, 1.54) is 0 Å². The Labute approximate surface area is 180 Å². The summed E-state index contributed by atoms with van der Waals surface area (Å²) in [5.74, 6) is 0.607. The third kappa shape index (κ3) is 3.87. The number of aromatic nitrogens is 2. The number of hydrogen-bond acceptors (Lipinski definition) is 3. The number of carbonyl (C=O) groups is 1. The molecule has 0 unspecified atom stereocenters. The van der Waals surface area contributed by atoms with Gasteiger partial charge in [0.05, 0.1) is 10.9 Å². The first-order valence-electron chi connectivity index (χ1n) is 10.7. The fourth-order valence-corrected chi connectivity index (χ4v) is 4.14. The third-order valence-electron chi connectivity index (χ3n) is 5.83. The summed E-state index contributed by atoms with van der Waals surface area (Å²) in [6, 6.07) is 23.0. The van der Waals surface area contributed by atoms with E-state index in [-0.39, 0.29) is 11.5 Å². The van der Waals surface area contributed by atoms with Gasteiger partial charge in [0.2, 0.25) is 0 Å². The fourth-order valence-electron chi connectivity index (χ4n) is 4.14. The molecule has 0 saturated heterocycles. The molecule has 5 nitrogen and oxygen atoms in total. The normalized spacial score (nSPS) is 13.4. The second-order valence-electron chi connectivity index (χ2n) is 7.92. The van der Waals surface area contributed by atoms with Crippen molar-refractivity contribution in [3.8, 4) is 11.1 Å². The Morgan fingerprint density at radius 1 is 0.871 bits per heavy atom. The summed E-state index contributed by atoms with van der Waals surface area (Å²) in [5, 5.41) is 3.50. The molecule has 1 N–H and O–H groups in total. The molecule has 1 amide bonds. The average molecular weight is 409 g/mol. The van der Waals surface area contributed by atoms with Crippen molar-refractivity contribution in [2.75, 3.05) is 5.32 Å². The van der Waals surface area contributed by atoms with Gasteiger partial charge in [0.1, 0.15) is 5.82 Å². The Kier molecular flexibility index (Phi) is 5.08. The summed E-state index contributed by atoms with van der Waals surface area (Å²) in [5.41, 5.74) is 4.02. The highest BCUT2D eigenvalue weighted by molar-refractivity contribution is 6.06. The van der Waals surface area contributed by atoms with E-state index in [0.29, 0.717) is 16.5 Å². The first-order valence-corrected chi connectivity index (χ1v) is 10.7. The van der Waals surface area contributed by atoms with E-state index in [4.69, 9.17) is 4.98 Å². The van der Waals surface area contributed by atoms with Crippen LogP contribution < -0.4 is 10.9 Å². The highest BCUT2D eigenvalue weighted by Gasteiger charge is 2.15. The molecule has 0 radical (unpaired) electrons. The highest BCUT2D eigenvalue weighted by atomic mass is 16.1. The summed E-state index contributed by atoms with van der Waals surface area (Å²) in [4.78, 5) is 30.4. The van der Waals surface area contributed by atoms with E-state index < -0.39 is 0 Å². The van der Waals surface area contributed by atoms with Gasteiger partial charge in [-0.2, -0.15) is 0 Å². The van der Waals surface area contributed by atoms with Gasteiger partial charge in [0, 0.05) is 24.2 Å². The van der Waals surface area contributed by atoms with Crippen molar-refractivity contribution in [3.63, 3.8) is 0 Å². The average Bonchev–Trinajstić information content (AvgIpc) is 3.06. The number of nitrogens with one attached hydrogen (secondary N) is 1. The van der Waals surface area contributed by atoms with Gasteiger partial charge in [-0.3, -0.25) is 14.2 Å². The number of benzene rings is 3. The van der Waals surface area contributed by atoms with E-state index in [1.807, 2.05) is 42.5 Å². The van der Waals surface area contributed by atoms with Crippen LogP contribution in [0.2, 0.25) is 0 Å². The Hall–Kier alpha value is -3.73. The molecular formula is C26H23N3O2. The van der Waals surface area contributed by atoms with Crippen LogP contribution in [0.1, 0.15) is 35.4 Å². The zero-order valence-corrected chi connectivity index (χ0v) is 17.2. The quantitative estimate of drug-likeness (QED) is 0.515. The van der Waals surface area contributed by atoms with Gasteiger partial charge in [-0.25, -0.2) is 4.98 Å². The van der Waals surface area contributed by atoms with E-state index >= 15 is 0 Å². The molecule has 1 aromatic heterocycles. The lowest BCUT2D eigenvalue weighted by molar-refractivity contribution is 0.102. The van der Waals surface area contributed by atoms with Crippen LogP contribution in [0.25, 0.3) is 22.0 Å². The van der Waals surface area contributed by atoms with Crippen LogP contribution in [-0.4, -0.2) is 15.5 Å². The van der Waals surface area contributed by atoms with Crippen LogP contribution in [0.5, 0.6) is 0 Å². The maximum absolute atomic E-state index is 12.9. The van der Waals surface area contributed by atoms with Gasteiger partial charge in [0.15, 0.2) is 0 Å². The van der Waals surface area contributed by atoms with Crippen LogP contribution in [0.4, 0.5) is 5.69 Å². The monoisotopic (exact) mass is 409 g/mol. The van der Waals surface area contributed by atoms with Crippen molar-refractivity contribution in [2.45, 2.75) is 32.2 Å². The number of hydrogen-bond donors (Lipinski definition) is 1. The van der Waals surface area contributed by atoms with Crippen molar-refractivity contribution < 1.29 is 4.79 Å². The molecule has 5 rings (SSSR count). The molecule has 4 aromatic rings. The fraction of sp³-hybridized carbons (Fsp3) is 0.192.